The SMILES string of the molecule is N[C@H](CSC1CCCCCC1O)C(=O)O. The van der Waals surface area contributed by atoms with E-state index in [9.17, 15) is 9.90 Å². The predicted octanol–water partition coefficient (Wildman–Crippen LogP) is 0.825. The van der Waals surface area contributed by atoms with Crippen molar-refractivity contribution in [2.45, 2.75) is 49.5 Å². The van der Waals surface area contributed by atoms with Crippen LogP contribution in [0.5, 0.6) is 0 Å². The van der Waals surface area contributed by atoms with Crippen LogP contribution in [0.15, 0.2) is 0 Å². The quantitative estimate of drug-likeness (QED) is 0.626. The van der Waals surface area contributed by atoms with E-state index in [2.05, 4.69) is 0 Å². The first-order valence-corrected chi connectivity index (χ1v) is 6.44. The lowest BCUT2D eigenvalue weighted by molar-refractivity contribution is -0.137. The van der Waals surface area contributed by atoms with Crippen LogP contribution in [0.2, 0.25) is 0 Å². The molecule has 1 aliphatic carbocycles. The first kappa shape index (κ1) is 12.8. The summed E-state index contributed by atoms with van der Waals surface area (Å²) in [4.78, 5) is 10.5. The van der Waals surface area contributed by atoms with Crippen molar-refractivity contribution in [2.24, 2.45) is 5.73 Å². The van der Waals surface area contributed by atoms with Gasteiger partial charge in [0.2, 0.25) is 0 Å². The first-order valence-electron chi connectivity index (χ1n) is 5.39. The summed E-state index contributed by atoms with van der Waals surface area (Å²) in [6.07, 6.45) is 4.87. The summed E-state index contributed by atoms with van der Waals surface area (Å²) in [5.74, 6) is -0.581. The highest BCUT2D eigenvalue weighted by atomic mass is 32.2. The molecular weight excluding hydrogens is 214 g/mol. The molecule has 1 rings (SSSR count). The molecule has 0 saturated heterocycles. The Hall–Kier alpha value is -0.260. The number of aliphatic carboxylic acids is 1. The minimum atomic E-state index is -0.967. The highest BCUT2D eigenvalue weighted by Crippen LogP contribution is 2.27. The van der Waals surface area contributed by atoms with Crippen LogP contribution >= 0.6 is 11.8 Å². The smallest absolute Gasteiger partial charge is 0.321 e. The number of carboxylic acids is 1. The maximum Gasteiger partial charge on any atom is 0.321 e. The molecule has 4 N–H and O–H groups in total. The van der Waals surface area contributed by atoms with Gasteiger partial charge in [0.15, 0.2) is 0 Å². The van der Waals surface area contributed by atoms with E-state index in [0.29, 0.717) is 5.75 Å². The molecule has 0 amide bonds. The molecule has 0 aliphatic heterocycles. The number of aliphatic hydroxyl groups excluding tert-OH is 1. The number of carbonyl (C=O) groups is 1. The number of hydrogen-bond donors (Lipinski definition) is 3. The Kier molecular flexibility index (Phi) is 5.42. The second kappa shape index (κ2) is 6.35. The fourth-order valence-electron chi connectivity index (χ4n) is 1.75. The van der Waals surface area contributed by atoms with E-state index in [1.54, 1.807) is 0 Å². The molecule has 0 aromatic heterocycles. The van der Waals surface area contributed by atoms with Crippen LogP contribution in [0, 0.1) is 0 Å². The summed E-state index contributed by atoms with van der Waals surface area (Å²) in [5, 5.41) is 18.6. The summed E-state index contributed by atoms with van der Waals surface area (Å²) in [6, 6.07) is -0.814. The molecule has 0 aromatic rings. The van der Waals surface area contributed by atoms with E-state index in [4.69, 9.17) is 10.8 Å². The molecule has 0 spiro atoms. The van der Waals surface area contributed by atoms with Crippen LogP contribution in [0.1, 0.15) is 32.1 Å². The van der Waals surface area contributed by atoms with Crippen molar-refractivity contribution < 1.29 is 15.0 Å². The normalized spacial score (nSPS) is 29.5. The molecule has 3 atom stereocenters. The lowest BCUT2D eigenvalue weighted by atomic mass is 10.1. The van der Waals surface area contributed by atoms with Crippen molar-refractivity contribution in [1.82, 2.24) is 0 Å². The molecule has 5 heteroatoms. The van der Waals surface area contributed by atoms with Crippen LogP contribution in [-0.2, 0) is 4.79 Å². The van der Waals surface area contributed by atoms with Gasteiger partial charge in [-0.2, -0.15) is 11.8 Å². The Balaban J connectivity index is 2.32. The molecule has 1 saturated carbocycles. The number of hydrogen-bond acceptors (Lipinski definition) is 4. The summed E-state index contributed by atoms with van der Waals surface area (Å²) in [6.45, 7) is 0. The third kappa shape index (κ3) is 4.40. The highest BCUT2D eigenvalue weighted by molar-refractivity contribution is 8.00. The van der Waals surface area contributed by atoms with Crippen LogP contribution < -0.4 is 5.73 Å². The molecule has 0 aromatic carbocycles. The van der Waals surface area contributed by atoms with E-state index < -0.39 is 12.0 Å². The standard InChI is InChI=1S/C10H19NO3S/c11-7(10(13)14)6-15-9-5-3-1-2-4-8(9)12/h7-9,12H,1-6,11H2,(H,13,14)/t7-,8?,9?/m1/s1. The van der Waals surface area contributed by atoms with Gasteiger partial charge in [0.05, 0.1) is 6.10 Å². The number of rotatable bonds is 4. The van der Waals surface area contributed by atoms with Gasteiger partial charge in [-0.05, 0) is 12.8 Å². The molecule has 0 heterocycles. The third-order valence-corrected chi connectivity index (χ3v) is 4.25. The zero-order valence-corrected chi connectivity index (χ0v) is 9.58. The van der Waals surface area contributed by atoms with Crippen molar-refractivity contribution in [3.63, 3.8) is 0 Å². The van der Waals surface area contributed by atoms with Gasteiger partial charge in [-0.15, -0.1) is 0 Å². The van der Waals surface area contributed by atoms with Gasteiger partial charge in [0, 0.05) is 11.0 Å². The van der Waals surface area contributed by atoms with Gasteiger partial charge >= 0.3 is 5.97 Å². The minimum Gasteiger partial charge on any atom is -0.480 e. The molecule has 2 unspecified atom stereocenters. The Bertz CT molecular complexity index is 213. The number of thioether (sulfide) groups is 1. The predicted molar refractivity (Wildman–Crippen MR) is 60.9 cm³/mol. The van der Waals surface area contributed by atoms with Crippen LogP contribution in [-0.4, -0.2) is 39.3 Å². The van der Waals surface area contributed by atoms with Gasteiger partial charge in [-0.1, -0.05) is 19.3 Å². The van der Waals surface area contributed by atoms with Crippen LogP contribution in [0.25, 0.3) is 0 Å². The van der Waals surface area contributed by atoms with E-state index >= 15 is 0 Å². The van der Waals surface area contributed by atoms with Crippen LogP contribution in [0.4, 0.5) is 0 Å². The fourth-order valence-corrected chi connectivity index (χ4v) is 3.04. The van der Waals surface area contributed by atoms with Crippen LogP contribution in [0.3, 0.4) is 0 Å². The summed E-state index contributed by atoms with van der Waals surface area (Å²) in [7, 11) is 0. The monoisotopic (exact) mass is 233 g/mol. The summed E-state index contributed by atoms with van der Waals surface area (Å²) < 4.78 is 0. The minimum absolute atomic E-state index is 0.165. The molecular formula is C10H19NO3S. The second-order valence-corrected chi connectivity index (χ2v) is 5.29. The Morgan fingerprint density at radius 2 is 2.07 bits per heavy atom. The van der Waals surface area contributed by atoms with Crippen molar-refractivity contribution >= 4 is 17.7 Å². The maximum atomic E-state index is 10.5. The van der Waals surface area contributed by atoms with Crippen molar-refractivity contribution in [3.05, 3.63) is 0 Å². The Morgan fingerprint density at radius 3 is 2.73 bits per heavy atom. The van der Waals surface area contributed by atoms with E-state index in [-0.39, 0.29) is 11.4 Å². The topological polar surface area (TPSA) is 83.5 Å². The number of carboxylic acid groups (broad SMARTS) is 1. The lowest BCUT2D eigenvalue weighted by Crippen LogP contribution is -2.34. The zero-order valence-electron chi connectivity index (χ0n) is 8.76. The third-order valence-electron chi connectivity index (χ3n) is 2.72. The lowest BCUT2D eigenvalue weighted by Gasteiger charge is -2.20. The molecule has 1 fully saturated rings. The Morgan fingerprint density at radius 1 is 1.40 bits per heavy atom. The second-order valence-electron chi connectivity index (χ2n) is 4.02. The summed E-state index contributed by atoms with van der Waals surface area (Å²) in [5.41, 5.74) is 5.42. The zero-order chi connectivity index (χ0) is 11.3. The number of aliphatic hydroxyl groups is 1. The fraction of sp³-hybridized carbons (Fsp3) is 0.900. The molecule has 4 nitrogen and oxygen atoms in total. The van der Waals surface area contributed by atoms with Gasteiger partial charge in [-0.25, -0.2) is 0 Å². The molecule has 0 bridgehead atoms. The van der Waals surface area contributed by atoms with Gasteiger partial charge in [-0.3, -0.25) is 4.79 Å². The van der Waals surface area contributed by atoms with E-state index in [0.717, 1.165) is 25.7 Å². The average Bonchev–Trinajstić information content (AvgIpc) is 2.39. The largest absolute Gasteiger partial charge is 0.480 e. The van der Waals surface area contributed by atoms with E-state index in [1.165, 1.54) is 18.2 Å². The van der Waals surface area contributed by atoms with Crippen molar-refractivity contribution in [1.29, 1.82) is 0 Å². The summed E-state index contributed by atoms with van der Waals surface area (Å²) >= 11 is 1.50. The molecule has 88 valence electrons. The maximum absolute atomic E-state index is 10.5. The Labute approximate surface area is 94.2 Å². The van der Waals surface area contributed by atoms with E-state index in [1.807, 2.05) is 0 Å². The molecule has 0 radical (unpaired) electrons. The molecule has 15 heavy (non-hydrogen) atoms. The van der Waals surface area contributed by atoms with Gasteiger partial charge in [0.1, 0.15) is 6.04 Å². The van der Waals surface area contributed by atoms with Crippen molar-refractivity contribution in [2.75, 3.05) is 5.75 Å². The number of nitrogens with two attached hydrogens (primary N) is 1. The average molecular weight is 233 g/mol. The first-order chi connectivity index (χ1) is 7.11. The van der Waals surface area contributed by atoms with Gasteiger partial charge < -0.3 is 15.9 Å². The highest BCUT2D eigenvalue weighted by Gasteiger charge is 2.23. The van der Waals surface area contributed by atoms with Gasteiger partial charge in [0.25, 0.3) is 0 Å². The van der Waals surface area contributed by atoms with Crippen molar-refractivity contribution in [3.8, 4) is 0 Å². The molecule has 1 aliphatic rings.